The van der Waals surface area contributed by atoms with Crippen LogP contribution in [-0.4, -0.2) is 35.6 Å². The summed E-state index contributed by atoms with van der Waals surface area (Å²) in [6, 6.07) is 4.43. The molecule has 0 radical (unpaired) electrons. The molecule has 1 aliphatic heterocycles. The van der Waals surface area contributed by atoms with Gasteiger partial charge in [-0.05, 0) is 19.1 Å². The molecule has 0 bridgehead atoms. The zero-order valence-electron chi connectivity index (χ0n) is 10.4. The molecule has 4 nitrogen and oxygen atoms in total. The Balaban J connectivity index is 1.70. The van der Waals surface area contributed by atoms with Crippen molar-refractivity contribution in [2.24, 2.45) is 0 Å². The van der Waals surface area contributed by atoms with Gasteiger partial charge in [0.25, 0.3) is 0 Å². The van der Waals surface area contributed by atoms with Gasteiger partial charge in [-0.2, -0.15) is 0 Å². The summed E-state index contributed by atoms with van der Waals surface area (Å²) in [5, 5.41) is 6.51. The molecule has 0 saturated carbocycles. The van der Waals surface area contributed by atoms with Crippen LogP contribution in [-0.2, 0) is 6.54 Å². The van der Waals surface area contributed by atoms with Gasteiger partial charge in [-0.25, -0.2) is 4.98 Å². The van der Waals surface area contributed by atoms with Crippen molar-refractivity contribution in [1.29, 1.82) is 0 Å². The van der Waals surface area contributed by atoms with E-state index in [1.807, 2.05) is 12.1 Å². The molecule has 5 heteroatoms. The maximum Gasteiger partial charge on any atom is 0.162 e. The Labute approximate surface area is 111 Å². The molecular weight excluding hydrogens is 246 g/mol. The summed E-state index contributed by atoms with van der Waals surface area (Å²) in [6.07, 6.45) is 1.69. The molecule has 1 atom stereocenters. The van der Waals surface area contributed by atoms with Crippen LogP contribution in [0.5, 0.6) is 0 Å². The van der Waals surface area contributed by atoms with Crippen molar-refractivity contribution in [3.8, 4) is 10.8 Å². The summed E-state index contributed by atoms with van der Waals surface area (Å²) in [7, 11) is 0. The number of nitrogens with zero attached hydrogens (tertiary/aromatic N) is 2. The van der Waals surface area contributed by atoms with Crippen LogP contribution in [0.3, 0.4) is 0 Å². The van der Waals surface area contributed by atoms with Crippen molar-refractivity contribution >= 4 is 11.3 Å². The predicted molar refractivity (Wildman–Crippen MR) is 72.6 cm³/mol. The number of hydrogen-bond donors (Lipinski definition) is 1. The molecule has 0 aliphatic carbocycles. The zero-order valence-corrected chi connectivity index (χ0v) is 11.2. The van der Waals surface area contributed by atoms with Crippen LogP contribution in [0.25, 0.3) is 10.8 Å². The Bertz CT molecular complexity index is 494. The lowest BCUT2D eigenvalue weighted by atomic mass is 10.2. The molecule has 2 aromatic heterocycles. The van der Waals surface area contributed by atoms with Gasteiger partial charge >= 0.3 is 0 Å². The first-order valence-corrected chi connectivity index (χ1v) is 7.14. The second-order valence-corrected chi connectivity index (χ2v) is 5.50. The van der Waals surface area contributed by atoms with Gasteiger partial charge in [-0.3, -0.25) is 4.90 Å². The standard InChI is InChI=1S/C13H17N3OS/c1-10-7-14-4-5-16(10)8-11-9-18-13(15-11)12-3-2-6-17-12/h2-3,6,9-10,14H,4-5,7-8H2,1H3/t10-/m1/s1. The Kier molecular flexibility index (Phi) is 3.45. The quantitative estimate of drug-likeness (QED) is 0.921. The van der Waals surface area contributed by atoms with E-state index in [2.05, 4.69) is 27.5 Å². The van der Waals surface area contributed by atoms with Crippen molar-refractivity contribution in [1.82, 2.24) is 15.2 Å². The Hall–Kier alpha value is -1.17. The molecule has 0 spiro atoms. The van der Waals surface area contributed by atoms with Gasteiger partial charge in [0.15, 0.2) is 10.8 Å². The molecule has 3 rings (SSSR count). The summed E-state index contributed by atoms with van der Waals surface area (Å²) in [4.78, 5) is 7.11. The van der Waals surface area contributed by atoms with Gasteiger partial charge < -0.3 is 9.73 Å². The van der Waals surface area contributed by atoms with E-state index in [-0.39, 0.29) is 0 Å². The van der Waals surface area contributed by atoms with Crippen LogP contribution >= 0.6 is 11.3 Å². The molecule has 1 saturated heterocycles. The van der Waals surface area contributed by atoms with Gasteiger partial charge in [0.05, 0.1) is 12.0 Å². The monoisotopic (exact) mass is 263 g/mol. The third kappa shape index (κ3) is 2.48. The minimum atomic E-state index is 0.576. The predicted octanol–water partition coefficient (Wildman–Crippen LogP) is 2.20. The molecule has 2 aromatic rings. The average Bonchev–Trinajstić information content (AvgIpc) is 3.02. The second-order valence-electron chi connectivity index (χ2n) is 4.64. The first kappa shape index (κ1) is 11.9. The first-order chi connectivity index (χ1) is 8.83. The molecule has 1 fully saturated rings. The van der Waals surface area contributed by atoms with Gasteiger partial charge in [0.1, 0.15) is 0 Å². The molecule has 1 N–H and O–H groups in total. The van der Waals surface area contributed by atoms with Crippen LogP contribution < -0.4 is 5.32 Å². The Morgan fingerprint density at radius 1 is 1.61 bits per heavy atom. The number of piperazine rings is 1. The topological polar surface area (TPSA) is 41.3 Å². The van der Waals surface area contributed by atoms with E-state index < -0.39 is 0 Å². The van der Waals surface area contributed by atoms with Crippen LogP contribution in [0.15, 0.2) is 28.2 Å². The van der Waals surface area contributed by atoms with E-state index in [0.717, 1.165) is 42.6 Å². The highest BCUT2D eigenvalue weighted by atomic mass is 32.1. The number of rotatable bonds is 3. The van der Waals surface area contributed by atoms with Crippen molar-refractivity contribution in [2.45, 2.75) is 19.5 Å². The average molecular weight is 263 g/mol. The van der Waals surface area contributed by atoms with E-state index >= 15 is 0 Å². The number of thiazole rings is 1. The van der Waals surface area contributed by atoms with Gasteiger partial charge in [0, 0.05) is 37.6 Å². The number of aromatic nitrogens is 1. The summed E-state index contributed by atoms with van der Waals surface area (Å²) >= 11 is 1.65. The van der Waals surface area contributed by atoms with E-state index in [0.29, 0.717) is 6.04 Å². The molecule has 0 aromatic carbocycles. The maximum atomic E-state index is 5.37. The molecule has 96 valence electrons. The fourth-order valence-electron chi connectivity index (χ4n) is 2.22. The molecule has 0 amide bonds. The van der Waals surface area contributed by atoms with Crippen LogP contribution in [0.4, 0.5) is 0 Å². The molecule has 18 heavy (non-hydrogen) atoms. The smallest absolute Gasteiger partial charge is 0.162 e. The third-order valence-electron chi connectivity index (χ3n) is 3.29. The zero-order chi connectivity index (χ0) is 12.4. The van der Waals surface area contributed by atoms with Crippen molar-refractivity contribution in [3.05, 3.63) is 29.5 Å². The lowest BCUT2D eigenvalue weighted by molar-refractivity contribution is 0.164. The molecule has 3 heterocycles. The second kappa shape index (κ2) is 5.22. The lowest BCUT2D eigenvalue weighted by Crippen LogP contribution is -2.49. The number of furan rings is 1. The summed E-state index contributed by atoms with van der Waals surface area (Å²) in [5.74, 6) is 0.861. The fourth-order valence-corrected chi connectivity index (χ4v) is 3.00. The Morgan fingerprint density at radius 3 is 3.33 bits per heavy atom. The van der Waals surface area contributed by atoms with E-state index in [1.165, 1.54) is 0 Å². The minimum Gasteiger partial charge on any atom is -0.462 e. The number of hydrogen-bond acceptors (Lipinski definition) is 5. The molecule has 1 aliphatic rings. The van der Waals surface area contributed by atoms with Crippen LogP contribution in [0.2, 0.25) is 0 Å². The van der Waals surface area contributed by atoms with E-state index in [9.17, 15) is 0 Å². The highest BCUT2D eigenvalue weighted by molar-refractivity contribution is 7.13. The number of nitrogens with one attached hydrogen (secondary N) is 1. The summed E-state index contributed by atoms with van der Waals surface area (Å²) < 4.78 is 5.37. The molecular formula is C13H17N3OS. The van der Waals surface area contributed by atoms with Crippen molar-refractivity contribution < 1.29 is 4.42 Å². The van der Waals surface area contributed by atoms with Crippen molar-refractivity contribution in [3.63, 3.8) is 0 Å². The highest BCUT2D eigenvalue weighted by Gasteiger charge is 2.19. The van der Waals surface area contributed by atoms with Crippen LogP contribution in [0, 0.1) is 0 Å². The Morgan fingerprint density at radius 2 is 2.56 bits per heavy atom. The van der Waals surface area contributed by atoms with Gasteiger partial charge in [0.2, 0.25) is 0 Å². The summed E-state index contributed by atoms with van der Waals surface area (Å²) in [6.45, 7) is 6.41. The fraction of sp³-hybridized carbons (Fsp3) is 0.462. The van der Waals surface area contributed by atoms with Gasteiger partial charge in [-0.1, -0.05) is 0 Å². The van der Waals surface area contributed by atoms with Crippen LogP contribution in [0.1, 0.15) is 12.6 Å². The third-order valence-corrected chi connectivity index (χ3v) is 4.19. The maximum absolute atomic E-state index is 5.37. The summed E-state index contributed by atoms with van der Waals surface area (Å²) in [5.41, 5.74) is 1.14. The first-order valence-electron chi connectivity index (χ1n) is 6.26. The lowest BCUT2D eigenvalue weighted by Gasteiger charge is -2.33. The normalized spacial score (nSPS) is 21.3. The highest BCUT2D eigenvalue weighted by Crippen LogP contribution is 2.24. The molecule has 0 unspecified atom stereocenters. The van der Waals surface area contributed by atoms with E-state index in [4.69, 9.17) is 4.42 Å². The van der Waals surface area contributed by atoms with E-state index in [1.54, 1.807) is 17.6 Å². The SMILES string of the molecule is C[C@@H]1CNCCN1Cc1csc(-c2ccco2)n1. The minimum absolute atomic E-state index is 0.576. The van der Waals surface area contributed by atoms with Crippen molar-refractivity contribution in [2.75, 3.05) is 19.6 Å². The largest absolute Gasteiger partial charge is 0.462 e. The van der Waals surface area contributed by atoms with Gasteiger partial charge in [-0.15, -0.1) is 11.3 Å².